The van der Waals surface area contributed by atoms with E-state index in [9.17, 15) is 5.26 Å². The van der Waals surface area contributed by atoms with Crippen LogP contribution in [0.2, 0.25) is 0 Å². The fraction of sp³-hybridized carbons (Fsp3) is 0.303. The Labute approximate surface area is 201 Å². The summed E-state index contributed by atoms with van der Waals surface area (Å²) in [5.41, 5.74) is 9.70. The Morgan fingerprint density at radius 2 is 1.21 bits per heavy atom. The van der Waals surface area contributed by atoms with E-state index in [1.807, 2.05) is 6.07 Å². The van der Waals surface area contributed by atoms with Gasteiger partial charge in [0.05, 0.1) is 11.6 Å². The maximum atomic E-state index is 9.76. The number of nitrogens with zero attached hydrogens (tertiary/aromatic N) is 1. The third-order valence-corrected chi connectivity index (χ3v) is 9.90. The summed E-state index contributed by atoms with van der Waals surface area (Å²) in [6.45, 7) is 0. The molecule has 0 saturated heterocycles. The average Bonchev–Trinajstić information content (AvgIpc) is 3.18. The minimum Gasteiger partial charge on any atom is -0.192 e. The summed E-state index contributed by atoms with van der Waals surface area (Å²) in [5, 5.41) is 12.0. The van der Waals surface area contributed by atoms with Crippen LogP contribution in [0.1, 0.15) is 48.8 Å². The van der Waals surface area contributed by atoms with E-state index in [-0.39, 0.29) is 5.41 Å². The highest BCUT2D eigenvalue weighted by molar-refractivity contribution is 6.02. The van der Waals surface area contributed by atoms with Crippen LogP contribution in [0.3, 0.4) is 0 Å². The second-order valence-corrected chi connectivity index (χ2v) is 11.3. The number of fused-ring (bicyclic) bond motifs is 4. The first-order valence-electron chi connectivity index (χ1n) is 12.9. The Morgan fingerprint density at radius 1 is 0.588 bits per heavy atom. The molecule has 4 fully saturated rings. The maximum Gasteiger partial charge on any atom is 0.0998 e. The van der Waals surface area contributed by atoms with Crippen LogP contribution in [0, 0.1) is 35.0 Å². The van der Waals surface area contributed by atoms with Gasteiger partial charge >= 0.3 is 0 Å². The summed E-state index contributed by atoms with van der Waals surface area (Å²) in [4.78, 5) is 0. The maximum absolute atomic E-state index is 9.76. The Bertz CT molecular complexity index is 1510. The summed E-state index contributed by atoms with van der Waals surface area (Å²) in [6.07, 6.45) is 7.04. The molecule has 0 amide bonds. The quantitative estimate of drug-likeness (QED) is 0.295. The van der Waals surface area contributed by atoms with Crippen LogP contribution in [0.25, 0.3) is 33.0 Å². The van der Waals surface area contributed by atoms with Crippen LogP contribution in [0.4, 0.5) is 0 Å². The van der Waals surface area contributed by atoms with E-state index in [0.29, 0.717) is 0 Å². The summed E-state index contributed by atoms with van der Waals surface area (Å²) >= 11 is 0. The number of rotatable bonds is 1. The normalized spacial score (nSPS) is 29.9. The number of hydrogen-bond acceptors (Lipinski definition) is 1. The Kier molecular flexibility index (Phi) is 3.69. The second kappa shape index (κ2) is 6.61. The summed E-state index contributed by atoms with van der Waals surface area (Å²) in [6, 6.07) is 31.5. The molecule has 4 aromatic carbocycles. The highest BCUT2D eigenvalue weighted by atomic mass is 14.6. The van der Waals surface area contributed by atoms with Crippen molar-refractivity contribution in [1.29, 1.82) is 5.26 Å². The number of hydrogen-bond donors (Lipinski definition) is 0. The Morgan fingerprint density at radius 3 is 1.94 bits per heavy atom. The van der Waals surface area contributed by atoms with Gasteiger partial charge in [0.2, 0.25) is 0 Å². The smallest absolute Gasteiger partial charge is 0.0998 e. The van der Waals surface area contributed by atoms with Crippen molar-refractivity contribution in [3.63, 3.8) is 0 Å². The molecule has 0 atom stereocenters. The van der Waals surface area contributed by atoms with Crippen molar-refractivity contribution < 1.29 is 0 Å². The summed E-state index contributed by atoms with van der Waals surface area (Å²) in [7, 11) is 0. The molecule has 0 aliphatic heterocycles. The van der Waals surface area contributed by atoms with E-state index < -0.39 is 0 Å². The first kappa shape index (κ1) is 19.0. The van der Waals surface area contributed by atoms with Crippen LogP contribution in [0.5, 0.6) is 0 Å². The first-order valence-corrected chi connectivity index (χ1v) is 12.9. The summed E-state index contributed by atoms with van der Waals surface area (Å²) in [5.74, 6) is 3.37. The molecule has 0 radical (unpaired) electrons. The zero-order chi connectivity index (χ0) is 22.4. The van der Waals surface area contributed by atoms with Crippen LogP contribution in [0.15, 0.2) is 78.9 Å². The standard InChI is InChI=1S/C33H27N/c34-19-22-12-13-27(26-7-2-1-6-25(22)26)29-9-5-10-30-28-8-3-4-11-31(28)33(32(29)30)23-15-20-14-21(17-23)18-24(33)16-20/h1-13,20-21,23-24H,14-18H2. The van der Waals surface area contributed by atoms with Gasteiger partial charge in [0.1, 0.15) is 0 Å². The molecule has 5 aliphatic carbocycles. The predicted octanol–water partition coefficient (Wildman–Crippen LogP) is 8.10. The van der Waals surface area contributed by atoms with Gasteiger partial charge < -0.3 is 0 Å². The molecule has 0 unspecified atom stereocenters. The van der Waals surface area contributed by atoms with E-state index in [1.54, 1.807) is 11.1 Å². The van der Waals surface area contributed by atoms with Gasteiger partial charge in [0.15, 0.2) is 0 Å². The zero-order valence-corrected chi connectivity index (χ0v) is 19.3. The van der Waals surface area contributed by atoms with Crippen molar-refractivity contribution in [2.45, 2.75) is 37.5 Å². The zero-order valence-electron chi connectivity index (χ0n) is 19.3. The molecule has 1 nitrogen and oxygen atoms in total. The molecule has 1 spiro atoms. The van der Waals surface area contributed by atoms with Crippen LogP contribution < -0.4 is 0 Å². The van der Waals surface area contributed by atoms with Crippen molar-refractivity contribution in [1.82, 2.24) is 0 Å². The molecule has 0 aromatic heterocycles. The molecule has 0 heterocycles. The number of benzene rings is 4. The predicted molar refractivity (Wildman–Crippen MR) is 137 cm³/mol. The molecular weight excluding hydrogens is 410 g/mol. The molecule has 4 bridgehead atoms. The monoisotopic (exact) mass is 437 g/mol. The minimum absolute atomic E-state index is 0.144. The van der Waals surface area contributed by atoms with E-state index in [0.717, 1.165) is 34.6 Å². The Balaban J connectivity index is 1.47. The highest BCUT2D eigenvalue weighted by Crippen LogP contribution is 2.70. The lowest BCUT2D eigenvalue weighted by atomic mass is 9.42. The van der Waals surface area contributed by atoms with Gasteiger partial charge in [-0.3, -0.25) is 0 Å². The fourth-order valence-electron chi connectivity index (χ4n) is 9.07. The van der Waals surface area contributed by atoms with E-state index in [1.165, 1.54) is 59.7 Å². The van der Waals surface area contributed by atoms with Crippen molar-refractivity contribution in [2.24, 2.45) is 23.7 Å². The third-order valence-electron chi connectivity index (χ3n) is 9.90. The van der Waals surface area contributed by atoms with Gasteiger partial charge in [-0.05, 0) is 101 Å². The first-order chi connectivity index (χ1) is 16.8. The lowest BCUT2D eigenvalue weighted by Crippen LogP contribution is -2.55. The molecule has 5 aliphatic rings. The second-order valence-electron chi connectivity index (χ2n) is 11.3. The van der Waals surface area contributed by atoms with Gasteiger partial charge in [-0.2, -0.15) is 5.26 Å². The van der Waals surface area contributed by atoms with Crippen molar-refractivity contribution in [3.05, 3.63) is 95.6 Å². The van der Waals surface area contributed by atoms with Crippen molar-refractivity contribution in [3.8, 4) is 28.3 Å². The van der Waals surface area contributed by atoms with Gasteiger partial charge in [0, 0.05) is 10.8 Å². The van der Waals surface area contributed by atoms with Crippen LogP contribution >= 0.6 is 0 Å². The lowest BCUT2D eigenvalue weighted by molar-refractivity contribution is -0.0397. The molecule has 9 rings (SSSR count). The summed E-state index contributed by atoms with van der Waals surface area (Å²) < 4.78 is 0. The molecule has 4 aromatic rings. The SMILES string of the molecule is N#Cc1ccc(-c2cccc3c2C2(c4ccccc4-3)C3CC4CC(C3)CC2C4)c2ccccc12. The van der Waals surface area contributed by atoms with Gasteiger partial charge in [0.25, 0.3) is 0 Å². The van der Waals surface area contributed by atoms with Gasteiger partial charge in [-0.15, -0.1) is 0 Å². The van der Waals surface area contributed by atoms with E-state index >= 15 is 0 Å². The van der Waals surface area contributed by atoms with Crippen molar-refractivity contribution >= 4 is 10.8 Å². The van der Waals surface area contributed by atoms with E-state index in [4.69, 9.17) is 0 Å². The molecule has 1 heteroatoms. The highest BCUT2D eigenvalue weighted by Gasteiger charge is 2.62. The molecular formula is C33H27N. The third kappa shape index (κ3) is 2.20. The largest absolute Gasteiger partial charge is 0.192 e. The van der Waals surface area contributed by atoms with Gasteiger partial charge in [-0.25, -0.2) is 0 Å². The Hall–Kier alpha value is -3.37. The van der Waals surface area contributed by atoms with E-state index in [2.05, 4.69) is 78.9 Å². The minimum atomic E-state index is 0.144. The molecule has 4 saturated carbocycles. The number of nitriles is 1. The average molecular weight is 438 g/mol. The van der Waals surface area contributed by atoms with Gasteiger partial charge in [-0.1, -0.05) is 72.8 Å². The lowest BCUT2D eigenvalue weighted by Gasteiger charge is -2.61. The molecule has 164 valence electrons. The van der Waals surface area contributed by atoms with Crippen LogP contribution in [-0.4, -0.2) is 0 Å². The van der Waals surface area contributed by atoms with Crippen LogP contribution in [-0.2, 0) is 5.41 Å². The van der Waals surface area contributed by atoms with Crippen molar-refractivity contribution in [2.75, 3.05) is 0 Å². The topological polar surface area (TPSA) is 23.8 Å². The molecule has 34 heavy (non-hydrogen) atoms. The fourth-order valence-corrected chi connectivity index (χ4v) is 9.07. The molecule has 0 N–H and O–H groups in total.